The second-order valence-electron chi connectivity index (χ2n) is 4.41. The number of ether oxygens (including phenoxy) is 3. The van der Waals surface area contributed by atoms with Gasteiger partial charge in [0.1, 0.15) is 0 Å². The van der Waals surface area contributed by atoms with Crippen LogP contribution in [-0.4, -0.2) is 32.4 Å². The van der Waals surface area contributed by atoms with Gasteiger partial charge in [0.05, 0.1) is 39.0 Å². The minimum Gasteiger partial charge on any atom is -0.469 e. The van der Waals surface area contributed by atoms with E-state index in [1.807, 2.05) is 30.3 Å². The Kier molecular flexibility index (Phi) is 4.73. The number of methoxy groups -OCH3 is 1. The van der Waals surface area contributed by atoms with Gasteiger partial charge in [-0.25, -0.2) is 0 Å². The molecule has 1 heterocycles. The van der Waals surface area contributed by atoms with Crippen LogP contribution in [0.4, 0.5) is 0 Å². The molecule has 1 aromatic rings. The number of rotatable bonds is 7. The summed E-state index contributed by atoms with van der Waals surface area (Å²) in [6, 6.07) is 9.89. The second kappa shape index (κ2) is 6.52. The van der Waals surface area contributed by atoms with Crippen LogP contribution in [-0.2, 0) is 25.6 Å². The zero-order valence-corrected chi connectivity index (χ0v) is 10.5. The summed E-state index contributed by atoms with van der Waals surface area (Å²) in [5, 5.41) is 0. The highest BCUT2D eigenvalue weighted by Crippen LogP contribution is 2.21. The third kappa shape index (κ3) is 4.13. The Bertz CT molecular complexity index is 373. The van der Waals surface area contributed by atoms with Crippen molar-refractivity contribution in [3.63, 3.8) is 0 Å². The third-order valence-corrected chi connectivity index (χ3v) is 2.91. The zero-order chi connectivity index (χ0) is 12.8. The van der Waals surface area contributed by atoms with E-state index in [1.165, 1.54) is 7.11 Å². The highest BCUT2D eigenvalue weighted by molar-refractivity contribution is 5.72. The molecule has 1 aromatic carbocycles. The van der Waals surface area contributed by atoms with E-state index in [0.29, 0.717) is 19.6 Å². The average molecular weight is 250 g/mol. The van der Waals surface area contributed by atoms with E-state index < -0.39 is 0 Å². The van der Waals surface area contributed by atoms with Gasteiger partial charge in [-0.15, -0.1) is 0 Å². The van der Waals surface area contributed by atoms with E-state index >= 15 is 0 Å². The van der Waals surface area contributed by atoms with Crippen molar-refractivity contribution >= 4 is 5.97 Å². The molecule has 1 aliphatic rings. The van der Waals surface area contributed by atoms with Crippen LogP contribution in [0.5, 0.6) is 0 Å². The number of hydrogen-bond donors (Lipinski definition) is 0. The van der Waals surface area contributed by atoms with Gasteiger partial charge in [0.25, 0.3) is 0 Å². The van der Waals surface area contributed by atoms with E-state index in [9.17, 15) is 4.79 Å². The van der Waals surface area contributed by atoms with Crippen LogP contribution in [0.3, 0.4) is 0 Å². The lowest BCUT2D eigenvalue weighted by Gasteiger charge is -2.13. The molecule has 98 valence electrons. The maximum Gasteiger partial charge on any atom is 0.311 e. The number of esters is 1. The van der Waals surface area contributed by atoms with Gasteiger partial charge in [0, 0.05) is 0 Å². The topological polar surface area (TPSA) is 48.1 Å². The normalized spacial score (nSPS) is 19.3. The fourth-order valence-electron chi connectivity index (χ4n) is 1.81. The van der Waals surface area contributed by atoms with Crippen LogP contribution in [0.2, 0.25) is 0 Å². The van der Waals surface area contributed by atoms with Crippen LogP contribution in [0, 0.1) is 5.92 Å². The molecule has 0 bridgehead atoms. The van der Waals surface area contributed by atoms with Gasteiger partial charge < -0.3 is 14.2 Å². The summed E-state index contributed by atoms with van der Waals surface area (Å²) >= 11 is 0. The standard InChI is InChI=1S/C14H18O4/c1-16-14(15)12(7-13-10-18-13)9-17-8-11-5-3-2-4-6-11/h2-6,12-13H,7-10H2,1H3/t12-,13-/m0/s1. The highest BCUT2D eigenvalue weighted by atomic mass is 16.6. The van der Waals surface area contributed by atoms with Crippen molar-refractivity contribution in [1.82, 2.24) is 0 Å². The summed E-state index contributed by atoms with van der Waals surface area (Å²) in [7, 11) is 1.40. The van der Waals surface area contributed by atoms with Crippen molar-refractivity contribution in [2.45, 2.75) is 19.1 Å². The Hall–Kier alpha value is -1.39. The first kappa shape index (κ1) is 13.1. The molecule has 4 heteroatoms. The molecule has 1 aliphatic heterocycles. The minimum absolute atomic E-state index is 0.203. The van der Waals surface area contributed by atoms with Crippen molar-refractivity contribution in [2.24, 2.45) is 5.92 Å². The second-order valence-corrected chi connectivity index (χ2v) is 4.41. The molecular formula is C14H18O4. The summed E-state index contributed by atoms with van der Waals surface area (Å²) < 4.78 is 15.5. The summed E-state index contributed by atoms with van der Waals surface area (Å²) in [6.07, 6.45) is 0.885. The molecule has 0 unspecified atom stereocenters. The quantitative estimate of drug-likeness (QED) is 0.546. The predicted molar refractivity (Wildman–Crippen MR) is 66.0 cm³/mol. The van der Waals surface area contributed by atoms with Crippen LogP contribution < -0.4 is 0 Å². The first-order valence-electron chi connectivity index (χ1n) is 6.10. The predicted octanol–water partition coefficient (Wildman–Crippen LogP) is 1.78. The molecule has 2 atom stereocenters. The zero-order valence-electron chi connectivity index (χ0n) is 10.5. The Morgan fingerprint density at radius 1 is 1.44 bits per heavy atom. The van der Waals surface area contributed by atoms with Gasteiger partial charge in [-0.3, -0.25) is 4.79 Å². The molecule has 1 saturated heterocycles. The van der Waals surface area contributed by atoms with Crippen LogP contribution in [0.25, 0.3) is 0 Å². The van der Waals surface area contributed by atoms with E-state index in [-0.39, 0.29) is 18.0 Å². The minimum atomic E-state index is -0.230. The van der Waals surface area contributed by atoms with Crippen LogP contribution in [0.15, 0.2) is 30.3 Å². The van der Waals surface area contributed by atoms with Crippen molar-refractivity contribution in [3.8, 4) is 0 Å². The largest absolute Gasteiger partial charge is 0.469 e. The SMILES string of the molecule is COC(=O)[C@H](COCc1ccccc1)C[C@H]1CO1. The summed E-state index contributed by atoms with van der Waals surface area (Å²) in [4.78, 5) is 11.6. The number of benzene rings is 1. The lowest BCUT2D eigenvalue weighted by atomic mass is 10.1. The lowest BCUT2D eigenvalue weighted by molar-refractivity contribution is -0.148. The summed E-state index contributed by atoms with van der Waals surface area (Å²) in [5.41, 5.74) is 1.10. The van der Waals surface area contributed by atoms with E-state index in [1.54, 1.807) is 0 Å². The Balaban J connectivity index is 1.76. The summed E-state index contributed by atoms with van der Waals surface area (Å²) in [6.45, 7) is 1.63. The number of carbonyl (C=O) groups excluding carboxylic acids is 1. The molecule has 18 heavy (non-hydrogen) atoms. The van der Waals surface area contributed by atoms with Crippen LogP contribution >= 0.6 is 0 Å². The number of carbonyl (C=O) groups is 1. The fourth-order valence-corrected chi connectivity index (χ4v) is 1.81. The van der Waals surface area contributed by atoms with Crippen molar-refractivity contribution in [1.29, 1.82) is 0 Å². The molecule has 0 aliphatic carbocycles. The molecule has 1 fully saturated rings. The number of epoxide rings is 1. The van der Waals surface area contributed by atoms with Crippen LogP contribution in [0.1, 0.15) is 12.0 Å². The molecule has 0 spiro atoms. The molecule has 0 N–H and O–H groups in total. The molecule has 0 amide bonds. The fraction of sp³-hybridized carbons (Fsp3) is 0.500. The summed E-state index contributed by atoms with van der Waals surface area (Å²) in [5.74, 6) is -0.454. The first-order valence-corrected chi connectivity index (χ1v) is 6.10. The van der Waals surface area contributed by atoms with Gasteiger partial charge in [-0.1, -0.05) is 30.3 Å². The Morgan fingerprint density at radius 3 is 2.78 bits per heavy atom. The molecule has 0 saturated carbocycles. The lowest BCUT2D eigenvalue weighted by Crippen LogP contribution is -2.23. The molecule has 0 radical (unpaired) electrons. The van der Waals surface area contributed by atoms with Crippen molar-refractivity contribution in [3.05, 3.63) is 35.9 Å². The Labute approximate surface area is 107 Å². The molecule has 2 rings (SSSR count). The Morgan fingerprint density at radius 2 is 2.17 bits per heavy atom. The van der Waals surface area contributed by atoms with E-state index in [2.05, 4.69) is 0 Å². The molecular weight excluding hydrogens is 232 g/mol. The third-order valence-electron chi connectivity index (χ3n) is 2.91. The highest BCUT2D eigenvalue weighted by Gasteiger charge is 2.31. The maximum absolute atomic E-state index is 11.6. The first-order chi connectivity index (χ1) is 8.79. The maximum atomic E-state index is 11.6. The molecule has 4 nitrogen and oxygen atoms in total. The van der Waals surface area contributed by atoms with E-state index in [0.717, 1.165) is 12.2 Å². The van der Waals surface area contributed by atoms with Gasteiger partial charge in [0.15, 0.2) is 0 Å². The van der Waals surface area contributed by atoms with Gasteiger partial charge in [0.2, 0.25) is 0 Å². The van der Waals surface area contributed by atoms with Gasteiger partial charge in [-0.2, -0.15) is 0 Å². The average Bonchev–Trinajstić information content (AvgIpc) is 3.22. The van der Waals surface area contributed by atoms with Crippen molar-refractivity contribution < 1.29 is 19.0 Å². The monoisotopic (exact) mass is 250 g/mol. The molecule has 0 aromatic heterocycles. The smallest absolute Gasteiger partial charge is 0.311 e. The number of hydrogen-bond acceptors (Lipinski definition) is 4. The van der Waals surface area contributed by atoms with Crippen molar-refractivity contribution in [2.75, 3.05) is 20.3 Å². The van der Waals surface area contributed by atoms with E-state index in [4.69, 9.17) is 14.2 Å². The van der Waals surface area contributed by atoms with Gasteiger partial charge in [-0.05, 0) is 12.0 Å². The van der Waals surface area contributed by atoms with Gasteiger partial charge >= 0.3 is 5.97 Å².